The van der Waals surface area contributed by atoms with Gasteiger partial charge in [0.15, 0.2) is 0 Å². The molecule has 0 heterocycles. The first-order chi connectivity index (χ1) is 6.70. The summed E-state index contributed by atoms with van der Waals surface area (Å²) >= 11 is 0. The van der Waals surface area contributed by atoms with Crippen molar-refractivity contribution in [3.8, 4) is 0 Å². The van der Waals surface area contributed by atoms with E-state index >= 15 is 0 Å². The summed E-state index contributed by atoms with van der Waals surface area (Å²) in [5, 5.41) is 5.45. The molecule has 8 nitrogen and oxygen atoms in total. The topological polar surface area (TPSA) is 129 Å². The van der Waals surface area contributed by atoms with E-state index in [1.165, 1.54) is 0 Å². The second kappa shape index (κ2) is 8.38. The Balaban J connectivity index is 3.14. The van der Waals surface area contributed by atoms with Gasteiger partial charge in [-0.15, -0.1) is 0 Å². The molecular formula is C6H14N4O4. The highest BCUT2D eigenvalue weighted by atomic mass is 16.7. The van der Waals surface area contributed by atoms with Crippen LogP contribution in [0, 0.1) is 0 Å². The molecule has 8 heteroatoms. The lowest BCUT2D eigenvalue weighted by Gasteiger charge is -2.03. The second-order valence-corrected chi connectivity index (χ2v) is 2.33. The lowest BCUT2D eigenvalue weighted by Crippen LogP contribution is -2.35. The molecule has 0 radical (unpaired) electrons. The first-order valence-electron chi connectivity index (χ1n) is 3.91. The summed E-state index contributed by atoms with van der Waals surface area (Å²) < 4.78 is 0. The molecule has 0 amide bonds. The summed E-state index contributed by atoms with van der Waals surface area (Å²) in [6.07, 6.45) is 0. The van der Waals surface area contributed by atoms with Crippen LogP contribution in [0.4, 0.5) is 0 Å². The monoisotopic (exact) mass is 206 g/mol. The Kier molecular flexibility index (Phi) is 7.65. The first-order valence-corrected chi connectivity index (χ1v) is 3.91. The smallest absolute Gasteiger partial charge is 0.338 e. The van der Waals surface area contributed by atoms with Gasteiger partial charge in [-0.3, -0.25) is 0 Å². The number of hydrogen-bond acceptors (Lipinski definition) is 8. The highest BCUT2D eigenvalue weighted by molar-refractivity contribution is 5.71. The van der Waals surface area contributed by atoms with Gasteiger partial charge in [-0.1, -0.05) is 0 Å². The number of nitrogens with two attached hydrogens (primary N) is 2. The Morgan fingerprint density at radius 2 is 1.29 bits per heavy atom. The van der Waals surface area contributed by atoms with E-state index < -0.39 is 11.9 Å². The summed E-state index contributed by atoms with van der Waals surface area (Å²) in [5.74, 6) is 8.08. The van der Waals surface area contributed by atoms with Crippen LogP contribution in [0.3, 0.4) is 0 Å². The van der Waals surface area contributed by atoms with Crippen LogP contribution in [-0.2, 0) is 19.3 Å². The van der Waals surface area contributed by atoms with Gasteiger partial charge < -0.3 is 20.3 Å². The van der Waals surface area contributed by atoms with E-state index in [2.05, 4.69) is 32.1 Å². The molecule has 0 saturated carbocycles. The molecule has 82 valence electrons. The predicted molar refractivity (Wildman–Crippen MR) is 46.3 cm³/mol. The van der Waals surface area contributed by atoms with Crippen LogP contribution in [0.1, 0.15) is 0 Å². The van der Waals surface area contributed by atoms with E-state index in [-0.39, 0.29) is 13.1 Å². The number of carbonyl (C=O) groups is 2. The molecule has 0 aliphatic heterocycles. The van der Waals surface area contributed by atoms with Crippen molar-refractivity contribution in [3.05, 3.63) is 0 Å². The molecule has 14 heavy (non-hydrogen) atoms. The van der Waals surface area contributed by atoms with E-state index in [0.29, 0.717) is 13.1 Å². The van der Waals surface area contributed by atoms with Gasteiger partial charge in [0.2, 0.25) is 0 Å². The van der Waals surface area contributed by atoms with Crippen LogP contribution in [0.25, 0.3) is 0 Å². The van der Waals surface area contributed by atoms with Crippen molar-refractivity contribution in [3.63, 3.8) is 0 Å². The molecule has 0 aliphatic rings. The number of carbonyl (C=O) groups excluding carboxylic acids is 2. The Morgan fingerprint density at radius 3 is 1.57 bits per heavy atom. The highest BCUT2D eigenvalue weighted by Gasteiger charge is 2.00. The molecule has 6 N–H and O–H groups in total. The largest absolute Gasteiger partial charge is 0.372 e. The summed E-state index contributed by atoms with van der Waals surface area (Å²) in [6, 6.07) is 0. The van der Waals surface area contributed by atoms with Crippen LogP contribution < -0.4 is 22.4 Å². The van der Waals surface area contributed by atoms with Crippen LogP contribution in [0.15, 0.2) is 0 Å². The molecule has 0 bridgehead atoms. The second-order valence-electron chi connectivity index (χ2n) is 2.33. The van der Waals surface area contributed by atoms with Crippen LogP contribution >= 0.6 is 0 Å². The fourth-order valence-corrected chi connectivity index (χ4v) is 0.641. The number of rotatable bonds is 7. The Morgan fingerprint density at radius 1 is 0.929 bits per heavy atom. The van der Waals surface area contributed by atoms with Gasteiger partial charge in [0.05, 0.1) is 13.1 Å². The fraction of sp³-hybridized carbons (Fsp3) is 0.667. The number of nitrogens with one attached hydrogen (secondary N) is 2. The minimum absolute atomic E-state index is 0.0273. The van der Waals surface area contributed by atoms with E-state index in [4.69, 9.17) is 0 Å². The highest BCUT2D eigenvalue weighted by Crippen LogP contribution is 1.68. The zero-order valence-corrected chi connectivity index (χ0v) is 7.62. The molecule has 0 unspecified atom stereocenters. The molecule has 0 rings (SSSR count). The predicted octanol–water partition coefficient (Wildman–Crippen LogP) is -3.00. The summed E-state index contributed by atoms with van der Waals surface area (Å²) in [7, 11) is 0. The maximum Gasteiger partial charge on any atom is 0.338 e. The van der Waals surface area contributed by atoms with Gasteiger partial charge in [-0.2, -0.15) is 11.8 Å². The van der Waals surface area contributed by atoms with Crippen molar-refractivity contribution in [2.24, 2.45) is 11.8 Å². The number of hydrogen-bond donors (Lipinski definition) is 4. The molecule has 0 aromatic rings. The lowest BCUT2D eigenvalue weighted by molar-refractivity contribution is -0.144. The zero-order valence-electron chi connectivity index (χ0n) is 7.62. The Hall–Kier alpha value is -1.22. The van der Waals surface area contributed by atoms with Gasteiger partial charge in [0.1, 0.15) is 0 Å². The van der Waals surface area contributed by atoms with Crippen LogP contribution in [0.2, 0.25) is 0 Å². The minimum atomic E-state index is -0.550. The molecule has 0 atom stereocenters. The van der Waals surface area contributed by atoms with E-state index in [9.17, 15) is 9.59 Å². The van der Waals surface area contributed by atoms with Crippen molar-refractivity contribution in [1.82, 2.24) is 10.6 Å². The van der Waals surface area contributed by atoms with Crippen molar-refractivity contribution < 1.29 is 19.3 Å². The van der Waals surface area contributed by atoms with Crippen LogP contribution in [-0.4, -0.2) is 38.1 Å². The fourth-order valence-electron chi connectivity index (χ4n) is 0.641. The lowest BCUT2D eigenvalue weighted by atomic mass is 10.5. The quantitative estimate of drug-likeness (QED) is 0.256. The van der Waals surface area contributed by atoms with Crippen LogP contribution in [0.5, 0.6) is 0 Å². The third kappa shape index (κ3) is 7.43. The van der Waals surface area contributed by atoms with Gasteiger partial charge in [-0.05, 0) is 0 Å². The summed E-state index contributed by atoms with van der Waals surface area (Å²) in [5.41, 5.74) is 0. The first kappa shape index (κ1) is 12.8. The van der Waals surface area contributed by atoms with Gasteiger partial charge in [0.25, 0.3) is 0 Å². The van der Waals surface area contributed by atoms with Crippen molar-refractivity contribution in [1.29, 1.82) is 0 Å². The third-order valence-corrected chi connectivity index (χ3v) is 1.28. The van der Waals surface area contributed by atoms with E-state index in [1.54, 1.807) is 0 Å². The maximum absolute atomic E-state index is 10.5. The normalized spacial score (nSPS) is 9.57. The van der Waals surface area contributed by atoms with Crippen molar-refractivity contribution in [2.75, 3.05) is 26.2 Å². The Bertz CT molecular complexity index is 167. The Labute approximate surface area is 80.8 Å². The standard InChI is InChI=1S/C6H14N4O4/c7-13-5(11)3-9-1-2-10-4-6(12)14-8/h9-10H,1-4,7-8H2. The van der Waals surface area contributed by atoms with Gasteiger partial charge >= 0.3 is 11.9 Å². The molecular weight excluding hydrogens is 192 g/mol. The summed E-state index contributed by atoms with van der Waals surface area (Å²) in [4.78, 5) is 28.8. The summed E-state index contributed by atoms with van der Waals surface area (Å²) in [6.45, 7) is 1.04. The van der Waals surface area contributed by atoms with Crippen molar-refractivity contribution in [2.45, 2.75) is 0 Å². The minimum Gasteiger partial charge on any atom is -0.372 e. The maximum atomic E-state index is 10.5. The molecule has 0 aromatic carbocycles. The molecule has 0 saturated heterocycles. The average molecular weight is 206 g/mol. The van der Waals surface area contributed by atoms with Gasteiger partial charge in [-0.25, -0.2) is 9.59 Å². The zero-order chi connectivity index (χ0) is 10.8. The third-order valence-electron chi connectivity index (χ3n) is 1.28. The average Bonchev–Trinajstić information content (AvgIpc) is 2.22. The SMILES string of the molecule is NOC(=O)CNCCNCC(=O)ON. The molecule has 0 fully saturated rings. The molecule has 0 aliphatic carbocycles. The molecule has 0 aromatic heterocycles. The van der Waals surface area contributed by atoms with Crippen molar-refractivity contribution >= 4 is 11.9 Å². The van der Waals surface area contributed by atoms with Gasteiger partial charge in [0, 0.05) is 13.1 Å². The van der Waals surface area contributed by atoms with E-state index in [0.717, 1.165) is 0 Å². The van der Waals surface area contributed by atoms with E-state index in [1.807, 2.05) is 0 Å². The molecule has 0 spiro atoms.